The van der Waals surface area contributed by atoms with Crippen LogP contribution in [0.25, 0.3) is 0 Å². The van der Waals surface area contributed by atoms with Crippen molar-refractivity contribution in [2.45, 2.75) is 44.2 Å². The average molecular weight is 631 g/mol. The van der Waals surface area contributed by atoms with Crippen molar-refractivity contribution in [3.8, 4) is 11.8 Å². The molecule has 0 spiro atoms. The van der Waals surface area contributed by atoms with Gasteiger partial charge in [0.25, 0.3) is 11.8 Å². The SMILES string of the molecule is CCc1cc(C(F)(C(F)(F)F)C(F)(F)C(F)(F)F)cc(C)c1NC(=O)c1cccc(NC(=O)c2ccc(C#N)cc2)c1OC. The number of hydrogen-bond donors (Lipinski definition) is 2. The van der Waals surface area contributed by atoms with Gasteiger partial charge in [0.15, 0.2) is 5.75 Å². The second kappa shape index (κ2) is 12.1. The first-order chi connectivity index (χ1) is 20.3. The van der Waals surface area contributed by atoms with E-state index >= 15 is 4.39 Å². The normalized spacial score (nSPS) is 13.4. The molecule has 0 radical (unpaired) electrons. The zero-order valence-electron chi connectivity index (χ0n) is 23.0. The van der Waals surface area contributed by atoms with Crippen molar-refractivity contribution in [3.63, 3.8) is 0 Å². The molecule has 2 N–H and O–H groups in total. The van der Waals surface area contributed by atoms with E-state index in [9.17, 15) is 44.7 Å². The number of para-hydroxylation sites is 1. The summed E-state index contributed by atoms with van der Waals surface area (Å²) in [5.41, 5.74) is -8.96. The maximum atomic E-state index is 15.1. The van der Waals surface area contributed by atoms with E-state index in [0.717, 1.165) is 6.92 Å². The van der Waals surface area contributed by atoms with E-state index < -0.39 is 46.9 Å². The van der Waals surface area contributed by atoms with Crippen LogP contribution >= 0.6 is 0 Å². The fourth-order valence-corrected chi connectivity index (χ4v) is 4.34. The number of alkyl halides is 9. The largest absolute Gasteiger partial charge is 0.494 e. The van der Waals surface area contributed by atoms with Gasteiger partial charge in [-0.1, -0.05) is 19.1 Å². The Morgan fingerprint density at radius 3 is 1.98 bits per heavy atom. The molecule has 1 unspecified atom stereocenters. The van der Waals surface area contributed by atoms with Gasteiger partial charge in [-0.3, -0.25) is 9.59 Å². The van der Waals surface area contributed by atoms with Gasteiger partial charge in [-0.2, -0.15) is 40.4 Å². The molecule has 6 nitrogen and oxygen atoms in total. The van der Waals surface area contributed by atoms with Crippen LogP contribution in [-0.2, 0) is 12.1 Å². The molecule has 3 rings (SSSR count). The number of nitrogens with zero attached hydrogens (tertiary/aromatic N) is 1. The fraction of sp³-hybridized carbons (Fsp3) is 0.276. The van der Waals surface area contributed by atoms with Gasteiger partial charge < -0.3 is 15.4 Å². The second-order valence-electron chi connectivity index (χ2n) is 9.39. The minimum Gasteiger partial charge on any atom is -0.494 e. The minimum atomic E-state index is -6.89. The summed E-state index contributed by atoms with van der Waals surface area (Å²) in [6.45, 7) is 2.29. The van der Waals surface area contributed by atoms with Crippen LogP contribution in [0.5, 0.6) is 5.75 Å². The predicted molar refractivity (Wildman–Crippen MR) is 140 cm³/mol. The smallest absolute Gasteiger partial charge is 0.457 e. The maximum absolute atomic E-state index is 15.1. The monoisotopic (exact) mass is 631 g/mol. The number of carbonyl (C=O) groups is 2. The van der Waals surface area contributed by atoms with Crippen LogP contribution in [-0.4, -0.2) is 37.2 Å². The third-order valence-electron chi connectivity index (χ3n) is 6.60. The van der Waals surface area contributed by atoms with Crippen LogP contribution in [0.4, 0.5) is 50.9 Å². The van der Waals surface area contributed by atoms with Gasteiger partial charge in [-0.25, -0.2) is 4.39 Å². The summed E-state index contributed by atoms with van der Waals surface area (Å²) < 4.78 is 128. The number of methoxy groups -OCH3 is 1. The lowest BCUT2D eigenvalue weighted by Gasteiger charge is -2.36. The third-order valence-corrected chi connectivity index (χ3v) is 6.60. The zero-order chi connectivity index (χ0) is 33.3. The molecule has 234 valence electrons. The Balaban J connectivity index is 2.02. The molecule has 0 aromatic heterocycles. The molecule has 2 amide bonds. The molecule has 0 bridgehead atoms. The standard InChI is InChI=1S/C29H22F9N3O3/c1-4-17-13-19(26(30,28(33,34)35)27(31,32)29(36,37)38)12-15(2)22(17)41-25(43)20-6-5-7-21(23(20)44-3)40-24(42)18-10-8-16(14-39)9-11-18/h5-13H,4H2,1-3H3,(H,40,42)(H,41,43). The quantitative estimate of drug-likeness (QED) is 0.248. The van der Waals surface area contributed by atoms with Crippen LogP contribution in [0.1, 0.15) is 49.9 Å². The number of benzene rings is 3. The second-order valence-corrected chi connectivity index (χ2v) is 9.39. The van der Waals surface area contributed by atoms with Gasteiger partial charge in [0.05, 0.1) is 30.0 Å². The topological polar surface area (TPSA) is 91.2 Å². The van der Waals surface area contributed by atoms with E-state index in [2.05, 4.69) is 10.6 Å². The van der Waals surface area contributed by atoms with E-state index in [1.165, 1.54) is 56.5 Å². The first-order valence-electron chi connectivity index (χ1n) is 12.5. The Morgan fingerprint density at radius 1 is 0.864 bits per heavy atom. The summed E-state index contributed by atoms with van der Waals surface area (Å²) in [7, 11) is 1.17. The average Bonchev–Trinajstić information content (AvgIpc) is 2.96. The number of amides is 2. The molecular formula is C29H22F9N3O3. The highest BCUT2D eigenvalue weighted by Crippen LogP contribution is 2.58. The lowest BCUT2D eigenvalue weighted by molar-refractivity contribution is -0.389. The number of hydrogen-bond acceptors (Lipinski definition) is 4. The van der Waals surface area contributed by atoms with Crippen LogP contribution in [0.2, 0.25) is 0 Å². The van der Waals surface area contributed by atoms with Gasteiger partial charge in [0.1, 0.15) is 0 Å². The molecule has 0 saturated heterocycles. The maximum Gasteiger partial charge on any atom is 0.457 e. The zero-order valence-corrected chi connectivity index (χ0v) is 23.0. The lowest BCUT2D eigenvalue weighted by atomic mass is 9.85. The summed E-state index contributed by atoms with van der Waals surface area (Å²) in [5, 5.41) is 13.8. The summed E-state index contributed by atoms with van der Waals surface area (Å²) in [5.74, 6) is -8.62. The first-order valence-corrected chi connectivity index (χ1v) is 12.5. The Hall–Kier alpha value is -4.74. The number of ether oxygens (including phenoxy) is 1. The van der Waals surface area contributed by atoms with E-state index in [1.807, 2.05) is 6.07 Å². The van der Waals surface area contributed by atoms with Crippen molar-refractivity contribution in [1.82, 2.24) is 0 Å². The molecular weight excluding hydrogens is 609 g/mol. The number of carbonyl (C=O) groups excluding carboxylic acids is 2. The van der Waals surface area contributed by atoms with Crippen LogP contribution in [0, 0.1) is 18.3 Å². The first kappa shape index (κ1) is 33.8. The molecule has 44 heavy (non-hydrogen) atoms. The molecule has 0 fully saturated rings. The van der Waals surface area contributed by atoms with Crippen LogP contribution in [0.15, 0.2) is 54.6 Å². The Bertz CT molecular complexity index is 1610. The number of halogens is 9. The summed E-state index contributed by atoms with van der Waals surface area (Å²) in [4.78, 5) is 26.0. The number of nitriles is 1. The fourth-order valence-electron chi connectivity index (χ4n) is 4.34. The molecule has 1 atom stereocenters. The van der Waals surface area contributed by atoms with Gasteiger partial charge in [0, 0.05) is 16.8 Å². The van der Waals surface area contributed by atoms with E-state index in [1.54, 1.807) is 0 Å². The predicted octanol–water partition coefficient (Wildman–Crippen LogP) is 7.87. The van der Waals surface area contributed by atoms with Gasteiger partial charge >= 0.3 is 23.9 Å². The van der Waals surface area contributed by atoms with Crippen LogP contribution in [0.3, 0.4) is 0 Å². The van der Waals surface area contributed by atoms with Gasteiger partial charge in [-0.15, -0.1) is 0 Å². The van der Waals surface area contributed by atoms with Gasteiger partial charge in [0.2, 0.25) is 0 Å². The highest BCUT2D eigenvalue weighted by Gasteiger charge is 2.81. The summed E-state index contributed by atoms with van der Waals surface area (Å²) >= 11 is 0. The highest BCUT2D eigenvalue weighted by atomic mass is 19.4. The van der Waals surface area contributed by atoms with E-state index in [4.69, 9.17) is 10.00 Å². The number of aryl methyl sites for hydroxylation is 2. The van der Waals surface area contributed by atoms with E-state index in [-0.39, 0.29) is 52.4 Å². The van der Waals surface area contributed by atoms with Crippen molar-refractivity contribution in [1.29, 1.82) is 5.26 Å². The number of rotatable bonds is 8. The molecule has 0 aliphatic rings. The van der Waals surface area contributed by atoms with Crippen molar-refractivity contribution < 1.29 is 53.8 Å². The number of nitrogens with one attached hydrogen (secondary N) is 2. The molecule has 0 aliphatic heterocycles. The highest BCUT2D eigenvalue weighted by molar-refractivity contribution is 6.10. The van der Waals surface area contributed by atoms with Crippen molar-refractivity contribution in [2.75, 3.05) is 17.7 Å². The molecule has 0 heterocycles. The lowest BCUT2D eigenvalue weighted by Crippen LogP contribution is -2.59. The number of anilines is 2. The van der Waals surface area contributed by atoms with Crippen LogP contribution < -0.4 is 15.4 Å². The third kappa shape index (κ3) is 6.01. The van der Waals surface area contributed by atoms with Crippen molar-refractivity contribution >= 4 is 23.2 Å². The molecule has 3 aromatic rings. The van der Waals surface area contributed by atoms with Crippen molar-refractivity contribution in [2.24, 2.45) is 0 Å². The Labute approximate surface area is 244 Å². The molecule has 0 aliphatic carbocycles. The summed E-state index contributed by atoms with van der Waals surface area (Å²) in [6, 6.07) is 11.8. The van der Waals surface area contributed by atoms with Crippen molar-refractivity contribution in [3.05, 3.63) is 88.0 Å². The Morgan fingerprint density at radius 2 is 1.48 bits per heavy atom. The molecule has 0 saturated carbocycles. The van der Waals surface area contributed by atoms with Gasteiger partial charge in [-0.05, 0) is 66.9 Å². The summed E-state index contributed by atoms with van der Waals surface area (Å²) in [6.07, 6.45) is -13.9. The molecule has 3 aromatic carbocycles. The van der Waals surface area contributed by atoms with E-state index in [0.29, 0.717) is 5.56 Å². The Kier molecular flexibility index (Phi) is 9.28. The molecule has 15 heteroatoms. The minimum absolute atomic E-state index is 0.0130.